The van der Waals surface area contributed by atoms with Gasteiger partial charge in [-0.25, -0.2) is 15.0 Å². The minimum atomic E-state index is 0.180. The summed E-state index contributed by atoms with van der Waals surface area (Å²) < 4.78 is 0. The molecule has 1 aliphatic heterocycles. The quantitative estimate of drug-likeness (QED) is 0.887. The molecule has 0 saturated heterocycles. The molecule has 1 aliphatic rings. The highest BCUT2D eigenvalue weighted by atomic mass is 15.2. The van der Waals surface area contributed by atoms with E-state index in [-0.39, 0.29) is 5.92 Å². The maximum Gasteiger partial charge on any atom is 0.220 e. The van der Waals surface area contributed by atoms with Gasteiger partial charge in [-0.05, 0) is 18.9 Å². The Kier molecular flexibility index (Phi) is 4.88. The van der Waals surface area contributed by atoms with Gasteiger partial charge in [0.25, 0.3) is 0 Å². The summed E-state index contributed by atoms with van der Waals surface area (Å²) in [5.41, 5.74) is 7.73. The molecule has 3 N–H and O–H groups in total. The summed E-state index contributed by atoms with van der Waals surface area (Å²) in [7, 11) is 0. The molecule has 0 aromatic carbocycles. The smallest absolute Gasteiger partial charge is 0.220 e. The number of aliphatic imine (C=N–C) groups is 2. The van der Waals surface area contributed by atoms with Crippen LogP contribution in [0.5, 0.6) is 0 Å². The number of nitrogens with zero attached hydrogens (tertiary/aromatic N) is 4. The zero-order chi connectivity index (χ0) is 15.4. The minimum absolute atomic E-state index is 0.180. The monoisotopic (exact) mass is 288 g/mol. The molecule has 1 aromatic heterocycles. The van der Waals surface area contributed by atoms with Crippen LogP contribution < -0.4 is 11.1 Å². The molecule has 1 aromatic rings. The maximum absolute atomic E-state index is 5.61. The van der Waals surface area contributed by atoms with Gasteiger partial charge in [0.05, 0.1) is 12.2 Å². The van der Waals surface area contributed by atoms with Crippen LogP contribution in [0.15, 0.2) is 22.2 Å². The lowest BCUT2D eigenvalue weighted by atomic mass is 10.00. The van der Waals surface area contributed by atoms with Crippen LogP contribution in [0.3, 0.4) is 0 Å². The topological polar surface area (TPSA) is 88.5 Å². The lowest BCUT2D eigenvalue weighted by molar-refractivity contribution is 0.642. The first-order valence-corrected chi connectivity index (χ1v) is 7.42. The molecule has 114 valence electrons. The van der Waals surface area contributed by atoms with Crippen molar-refractivity contribution in [3.05, 3.63) is 18.0 Å². The number of aromatic nitrogens is 2. The summed E-state index contributed by atoms with van der Waals surface area (Å²) in [6, 6.07) is 2.25. The van der Waals surface area contributed by atoms with Gasteiger partial charge in [0.2, 0.25) is 11.9 Å². The fourth-order valence-corrected chi connectivity index (χ4v) is 2.22. The summed E-state index contributed by atoms with van der Waals surface area (Å²) in [4.78, 5) is 17.3. The SMILES string of the molecule is CC1CC(C(C)C)=NC(=NCC(C)c2ccnc(N)n2)N1. The van der Waals surface area contributed by atoms with E-state index in [0.29, 0.717) is 24.5 Å². The third kappa shape index (κ3) is 4.24. The number of rotatable bonds is 4. The van der Waals surface area contributed by atoms with Gasteiger partial charge in [0.15, 0.2) is 0 Å². The Bertz CT molecular complexity index is 549. The summed E-state index contributed by atoms with van der Waals surface area (Å²) in [6.45, 7) is 9.19. The molecule has 0 radical (unpaired) electrons. The molecular formula is C15H24N6. The highest BCUT2D eigenvalue weighted by Crippen LogP contribution is 2.14. The minimum Gasteiger partial charge on any atom is -0.368 e. The van der Waals surface area contributed by atoms with Crippen molar-refractivity contribution in [3.8, 4) is 0 Å². The van der Waals surface area contributed by atoms with Crippen LogP contribution in [0.25, 0.3) is 0 Å². The van der Waals surface area contributed by atoms with Crippen molar-refractivity contribution < 1.29 is 0 Å². The maximum atomic E-state index is 5.61. The Morgan fingerprint density at radius 2 is 2.19 bits per heavy atom. The molecule has 21 heavy (non-hydrogen) atoms. The number of nitrogens with one attached hydrogen (secondary N) is 1. The molecule has 2 unspecified atom stereocenters. The van der Waals surface area contributed by atoms with Crippen molar-refractivity contribution in [1.29, 1.82) is 0 Å². The van der Waals surface area contributed by atoms with E-state index in [1.807, 2.05) is 6.07 Å². The van der Waals surface area contributed by atoms with Gasteiger partial charge in [-0.15, -0.1) is 0 Å². The van der Waals surface area contributed by atoms with Crippen molar-refractivity contribution in [2.75, 3.05) is 12.3 Å². The van der Waals surface area contributed by atoms with Gasteiger partial charge in [0.1, 0.15) is 0 Å². The highest BCUT2D eigenvalue weighted by molar-refractivity contribution is 6.00. The summed E-state index contributed by atoms with van der Waals surface area (Å²) in [5.74, 6) is 1.67. The van der Waals surface area contributed by atoms with Gasteiger partial charge < -0.3 is 11.1 Å². The molecule has 6 nitrogen and oxygen atoms in total. The Morgan fingerprint density at radius 3 is 2.86 bits per heavy atom. The number of hydrogen-bond acceptors (Lipinski definition) is 4. The zero-order valence-electron chi connectivity index (χ0n) is 13.2. The fourth-order valence-electron chi connectivity index (χ4n) is 2.22. The van der Waals surface area contributed by atoms with E-state index in [4.69, 9.17) is 5.73 Å². The Labute approximate surface area is 126 Å². The van der Waals surface area contributed by atoms with Crippen LogP contribution in [0, 0.1) is 5.92 Å². The zero-order valence-corrected chi connectivity index (χ0v) is 13.2. The van der Waals surface area contributed by atoms with E-state index in [0.717, 1.165) is 18.1 Å². The van der Waals surface area contributed by atoms with E-state index < -0.39 is 0 Å². The van der Waals surface area contributed by atoms with Crippen LogP contribution >= 0.6 is 0 Å². The van der Waals surface area contributed by atoms with Gasteiger partial charge in [-0.2, -0.15) is 0 Å². The Morgan fingerprint density at radius 1 is 1.43 bits per heavy atom. The first kappa shape index (κ1) is 15.4. The van der Waals surface area contributed by atoms with Crippen LogP contribution in [0.4, 0.5) is 5.95 Å². The van der Waals surface area contributed by atoms with Crippen LogP contribution in [0.2, 0.25) is 0 Å². The first-order chi connectivity index (χ1) is 9.95. The molecule has 0 saturated carbocycles. The van der Waals surface area contributed by atoms with Gasteiger partial charge in [0, 0.05) is 30.3 Å². The molecule has 2 rings (SSSR count). The van der Waals surface area contributed by atoms with E-state index in [1.165, 1.54) is 5.71 Å². The molecule has 0 aliphatic carbocycles. The molecule has 0 amide bonds. The number of guanidine groups is 1. The lowest BCUT2D eigenvalue weighted by Gasteiger charge is -2.24. The Hall–Kier alpha value is -1.98. The number of anilines is 1. The van der Waals surface area contributed by atoms with E-state index >= 15 is 0 Å². The predicted molar refractivity (Wildman–Crippen MR) is 86.6 cm³/mol. The van der Waals surface area contributed by atoms with Crippen molar-refractivity contribution in [1.82, 2.24) is 15.3 Å². The van der Waals surface area contributed by atoms with Crippen molar-refractivity contribution in [2.45, 2.75) is 46.1 Å². The van der Waals surface area contributed by atoms with E-state index in [2.05, 4.69) is 53.0 Å². The van der Waals surface area contributed by atoms with E-state index in [1.54, 1.807) is 6.20 Å². The fraction of sp³-hybridized carbons (Fsp3) is 0.600. The van der Waals surface area contributed by atoms with Gasteiger partial charge in [-0.1, -0.05) is 20.8 Å². The summed E-state index contributed by atoms with van der Waals surface area (Å²) >= 11 is 0. The molecule has 2 heterocycles. The molecule has 0 fully saturated rings. The van der Waals surface area contributed by atoms with Crippen LogP contribution in [-0.4, -0.2) is 34.2 Å². The van der Waals surface area contributed by atoms with Gasteiger partial charge >= 0.3 is 0 Å². The standard InChI is InChI=1S/C15H24N6/c1-9(2)13-7-11(4)19-15(21-13)18-8-10(3)12-5-6-17-14(16)20-12/h5-6,9-11H,7-8H2,1-4H3,(H,18,19)(H2,16,17,20). The Balaban J connectivity index is 2.07. The van der Waals surface area contributed by atoms with Crippen LogP contribution in [-0.2, 0) is 0 Å². The average molecular weight is 288 g/mol. The van der Waals surface area contributed by atoms with Crippen LogP contribution in [0.1, 0.15) is 45.7 Å². The number of nitrogens with two attached hydrogens (primary N) is 1. The third-order valence-electron chi connectivity index (χ3n) is 3.52. The predicted octanol–water partition coefficient (Wildman–Crippen LogP) is 2.00. The summed E-state index contributed by atoms with van der Waals surface area (Å²) in [5, 5.41) is 3.32. The van der Waals surface area contributed by atoms with Gasteiger partial charge in [-0.3, -0.25) is 4.99 Å². The molecule has 6 heteroatoms. The molecule has 0 spiro atoms. The van der Waals surface area contributed by atoms with E-state index in [9.17, 15) is 0 Å². The molecular weight excluding hydrogens is 264 g/mol. The largest absolute Gasteiger partial charge is 0.368 e. The average Bonchev–Trinajstić information content (AvgIpc) is 2.44. The second-order valence-corrected chi connectivity index (χ2v) is 5.91. The first-order valence-electron chi connectivity index (χ1n) is 7.42. The molecule has 0 bridgehead atoms. The number of nitrogen functional groups attached to an aromatic ring is 1. The normalized spacial score (nSPS) is 22.0. The summed E-state index contributed by atoms with van der Waals surface area (Å²) in [6.07, 6.45) is 2.66. The van der Waals surface area contributed by atoms with Crippen molar-refractivity contribution >= 4 is 17.6 Å². The number of hydrogen-bond donors (Lipinski definition) is 2. The third-order valence-corrected chi connectivity index (χ3v) is 3.52. The molecule has 2 atom stereocenters. The highest BCUT2D eigenvalue weighted by Gasteiger charge is 2.18. The van der Waals surface area contributed by atoms with Crippen molar-refractivity contribution in [3.63, 3.8) is 0 Å². The lowest BCUT2D eigenvalue weighted by Crippen LogP contribution is -2.39. The second kappa shape index (κ2) is 6.65. The van der Waals surface area contributed by atoms with Crippen molar-refractivity contribution in [2.24, 2.45) is 15.9 Å². The second-order valence-electron chi connectivity index (χ2n) is 5.91.